The highest BCUT2D eigenvalue weighted by molar-refractivity contribution is 4.53. The Hall–Kier alpha value is -0.160. The first-order valence-electron chi connectivity index (χ1n) is 4.13. The molecule has 0 aromatic heterocycles. The molecular weight excluding hydrogens is 160 g/mol. The molecule has 0 saturated heterocycles. The zero-order chi connectivity index (χ0) is 9.23. The molecular formula is C8H18O4. The van der Waals surface area contributed by atoms with Crippen molar-refractivity contribution in [2.24, 2.45) is 5.92 Å². The molecule has 0 unspecified atom stereocenters. The Kier molecular flexibility index (Phi) is 8.81. The highest BCUT2D eigenvalue weighted by Gasteiger charge is 2.04. The number of aliphatic hydroxyl groups excluding tert-OH is 2. The maximum Gasteiger partial charge on any atom is 0.0700 e. The molecule has 0 aliphatic rings. The molecule has 4 heteroatoms. The number of methoxy groups -OCH3 is 1. The van der Waals surface area contributed by atoms with Crippen LogP contribution in [0, 0.1) is 5.92 Å². The Morgan fingerprint density at radius 1 is 1.08 bits per heavy atom. The van der Waals surface area contributed by atoms with Crippen molar-refractivity contribution in [3.8, 4) is 0 Å². The molecule has 0 saturated carbocycles. The summed E-state index contributed by atoms with van der Waals surface area (Å²) < 4.78 is 9.94. The van der Waals surface area contributed by atoms with Crippen molar-refractivity contribution in [2.75, 3.05) is 40.1 Å². The van der Waals surface area contributed by atoms with Crippen LogP contribution < -0.4 is 0 Å². The van der Waals surface area contributed by atoms with Crippen LogP contribution in [-0.4, -0.2) is 50.4 Å². The molecule has 0 rings (SSSR count). The molecule has 0 heterocycles. The van der Waals surface area contributed by atoms with E-state index in [2.05, 4.69) is 0 Å². The van der Waals surface area contributed by atoms with Crippen molar-refractivity contribution in [2.45, 2.75) is 6.42 Å². The van der Waals surface area contributed by atoms with Crippen molar-refractivity contribution in [3.05, 3.63) is 0 Å². The Balaban J connectivity index is 3.06. The van der Waals surface area contributed by atoms with Crippen molar-refractivity contribution < 1.29 is 19.7 Å². The molecule has 0 amide bonds. The Morgan fingerprint density at radius 3 is 2.25 bits per heavy atom. The average Bonchev–Trinajstić information content (AvgIpc) is 2.11. The Morgan fingerprint density at radius 2 is 1.75 bits per heavy atom. The van der Waals surface area contributed by atoms with Crippen LogP contribution in [0.4, 0.5) is 0 Å². The molecule has 0 aliphatic heterocycles. The van der Waals surface area contributed by atoms with Gasteiger partial charge < -0.3 is 19.7 Å². The normalized spacial score (nSPS) is 11.0. The van der Waals surface area contributed by atoms with Crippen molar-refractivity contribution in [3.63, 3.8) is 0 Å². The predicted molar refractivity (Wildman–Crippen MR) is 45.0 cm³/mol. The van der Waals surface area contributed by atoms with Crippen LogP contribution in [-0.2, 0) is 9.47 Å². The molecule has 0 aromatic carbocycles. The van der Waals surface area contributed by atoms with Gasteiger partial charge in [0.1, 0.15) is 0 Å². The van der Waals surface area contributed by atoms with Gasteiger partial charge in [-0.05, 0) is 6.42 Å². The molecule has 0 bridgehead atoms. The summed E-state index contributed by atoms with van der Waals surface area (Å²) in [6.45, 7) is 1.76. The van der Waals surface area contributed by atoms with E-state index in [-0.39, 0.29) is 19.1 Å². The molecule has 0 aliphatic carbocycles. The van der Waals surface area contributed by atoms with Gasteiger partial charge in [-0.1, -0.05) is 0 Å². The summed E-state index contributed by atoms with van der Waals surface area (Å²) in [6.07, 6.45) is 0.691. The average molecular weight is 178 g/mol. The van der Waals surface area contributed by atoms with Crippen molar-refractivity contribution in [1.29, 1.82) is 0 Å². The van der Waals surface area contributed by atoms with Gasteiger partial charge in [-0.3, -0.25) is 0 Å². The van der Waals surface area contributed by atoms with E-state index in [1.165, 1.54) is 0 Å². The molecule has 0 spiro atoms. The van der Waals surface area contributed by atoms with E-state index < -0.39 is 0 Å². The number of ether oxygens (including phenoxy) is 2. The second-order valence-corrected chi connectivity index (χ2v) is 2.63. The Labute approximate surface area is 73.1 Å². The zero-order valence-electron chi connectivity index (χ0n) is 7.53. The summed E-state index contributed by atoms with van der Waals surface area (Å²) >= 11 is 0. The Bertz CT molecular complexity index is 83.1. The summed E-state index contributed by atoms with van der Waals surface area (Å²) in [6, 6.07) is 0. The highest BCUT2D eigenvalue weighted by atomic mass is 16.5. The third kappa shape index (κ3) is 6.54. The lowest BCUT2D eigenvalue weighted by Gasteiger charge is -2.10. The van der Waals surface area contributed by atoms with Crippen LogP contribution in [0.1, 0.15) is 6.42 Å². The fraction of sp³-hybridized carbons (Fsp3) is 1.00. The number of hydrogen-bond acceptors (Lipinski definition) is 4. The van der Waals surface area contributed by atoms with E-state index in [0.29, 0.717) is 26.2 Å². The second-order valence-electron chi connectivity index (χ2n) is 2.63. The molecule has 74 valence electrons. The fourth-order valence-electron chi connectivity index (χ4n) is 0.735. The van der Waals surface area contributed by atoms with Crippen LogP contribution in [0.25, 0.3) is 0 Å². The molecule has 2 N–H and O–H groups in total. The molecule has 0 fully saturated rings. The van der Waals surface area contributed by atoms with Gasteiger partial charge >= 0.3 is 0 Å². The van der Waals surface area contributed by atoms with Gasteiger partial charge in [0.25, 0.3) is 0 Å². The number of hydrogen-bond donors (Lipinski definition) is 2. The quantitative estimate of drug-likeness (QED) is 0.498. The summed E-state index contributed by atoms with van der Waals surface area (Å²) in [5.41, 5.74) is 0. The molecule has 4 nitrogen and oxygen atoms in total. The SMILES string of the molecule is COCCOCCC(CO)CO. The summed E-state index contributed by atoms with van der Waals surface area (Å²) in [5, 5.41) is 17.4. The van der Waals surface area contributed by atoms with Gasteiger partial charge in [0, 0.05) is 32.8 Å². The minimum Gasteiger partial charge on any atom is -0.396 e. The lowest BCUT2D eigenvalue weighted by atomic mass is 10.1. The van der Waals surface area contributed by atoms with Gasteiger partial charge in [-0.15, -0.1) is 0 Å². The molecule has 0 atom stereocenters. The summed E-state index contributed by atoms with van der Waals surface area (Å²) in [7, 11) is 1.62. The first-order valence-corrected chi connectivity index (χ1v) is 4.13. The van der Waals surface area contributed by atoms with Gasteiger partial charge in [-0.2, -0.15) is 0 Å². The first-order chi connectivity index (χ1) is 5.85. The lowest BCUT2D eigenvalue weighted by molar-refractivity contribution is 0.0505. The standard InChI is InChI=1S/C8H18O4/c1-11-4-5-12-3-2-8(6-9)7-10/h8-10H,2-7H2,1H3. The van der Waals surface area contributed by atoms with Crippen molar-refractivity contribution >= 4 is 0 Å². The smallest absolute Gasteiger partial charge is 0.0700 e. The van der Waals surface area contributed by atoms with Crippen molar-refractivity contribution in [1.82, 2.24) is 0 Å². The van der Waals surface area contributed by atoms with E-state index in [4.69, 9.17) is 19.7 Å². The highest BCUT2D eigenvalue weighted by Crippen LogP contribution is 2.00. The predicted octanol–water partition coefficient (Wildman–Crippen LogP) is -0.360. The fourth-order valence-corrected chi connectivity index (χ4v) is 0.735. The first kappa shape index (κ1) is 11.8. The van der Waals surface area contributed by atoms with E-state index in [1.54, 1.807) is 7.11 Å². The topological polar surface area (TPSA) is 58.9 Å². The lowest BCUT2D eigenvalue weighted by Crippen LogP contribution is -2.14. The zero-order valence-corrected chi connectivity index (χ0v) is 7.53. The third-order valence-corrected chi connectivity index (χ3v) is 1.62. The number of rotatable bonds is 8. The minimum absolute atomic E-state index is 0.0180. The van der Waals surface area contributed by atoms with Crippen LogP contribution in [0.2, 0.25) is 0 Å². The van der Waals surface area contributed by atoms with E-state index in [9.17, 15) is 0 Å². The largest absolute Gasteiger partial charge is 0.396 e. The van der Waals surface area contributed by atoms with Crippen LogP contribution in [0.3, 0.4) is 0 Å². The maximum absolute atomic E-state index is 8.69. The van der Waals surface area contributed by atoms with Gasteiger partial charge in [0.15, 0.2) is 0 Å². The van der Waals surface area contributed by atoms with E-state index in [1.807, 2.05) is 0 Å². The second kappa shape index (κ2) is 8.93. The van der Waals surface area contributed by atoms with Crippen LogP contribution in [0.5, 0.6) is 0 Å². The van der Waals surface area contributed by atoms with Crippen LogP contribution in [0.15, 0.2) is 0 Å². The minimum atomic E-state index is -0.0486. The third-order valence-electron chi connectivity index (χ3n) is 1.62. The summed E-state index contributed by atoms with van der Waals surface area (Å²) in [4.78, 5) is 0. The van der Waals surface area contributed by atoms with E-state index in [0.717, 1.165) is 0 Å². The molecule has 0 radical (unpaired) electrons. The van der Waals surface area contributed by atoms with Gasteiger partial charge in [0.2, 0.25) is 0 Å². The van der Waals surface area contributed by atoms with Gasteiger partial charge in [-0.25, -0.2) is 0 Å². The number of aliphatic hydroxyl groups is 2. The molecule has 0 aromatic rings. The maximum atomic E-state index is 8.69. The monoisotopic (exact) mass is 178 g/mol. The summed E-state index contributed by atoms with van der Waals surface area (Å²) in [5.74, 6) is -0.0486. The molecule has 12 heavy (non-hydrogen) atoms. The van der Waals surface area contributed by atoms with E-state index >= 15 is 0 Å². The van der Waals surface area contributed by atoms with Crippen LogP contribution >= 0.6 is 0 Å². The van der Waals surface area contributed by atoms with Gasteiger partial charge in [0.05, 0.1) is 13.2 Å².